The molecule has 5 nitrogen and oxygen atoms in total. The number of nitrogens with two attached hydrogens (primary N) is 1. The maximum atomic E-state index is 11.9. The summed E-state index contributed by atoms with van der Waals surface area (Å²) >= 11 is 0. The van der Waals surface area contributed by atoms with Crippen LogP contribution in [0.15, 0.2) is 24.3 Å². The van der Waals surface area contributed by atoms with Crippen LogP contribution >= 0.6 is 0 Å². The monoisotopic (exact) mass is 278 g/mol. The number of hydrogen-bond acceptors (Lipinski definition) is 4. The Labute approximate surface area is 107 Å². The molecular weight excluding hydrogens is 265 g/mol. The summed E-state index contributed by atoms with van der Waals surface area (Å²) in [4.78, 5) is 11.9. The molecule has 0 saturated heterocycles. The standard InChI is InChI=1S/C11H13F3N2O3/c12-11(13,14)19-6-5-16(7-10(17)18)9-4-2-1-3-8(9)15/h1-4H,5-7,15H2,(H,17,18). The number of halogens is 3. The van der Waals surface area contributed by atoms with Gasteiger partial charge in [0.25, 0.3) is 0 Å². The summed E-state index contributed by atoms with van der Waals surface area (Å²) in [5.41, 5.74) is 6.30. The van der Waals surface area contributed by atoms with Crippen LogP contribution in [0.2, 0.25) is 0 Å². The first-order valence-corrected chi connectivity index (χ1v) is 5.31. The summed E-state index contributed by atoms with van der Waals surface area (Å²) in [7, 11) is 0. The maximum Gasteiger partial charge on any atom is 0.522 e. The second-order valence-corrected chi connectivity index (χ2v) is 3.67. The number of carboxylic acids is 1. The fraction of sp³-hybridized carbons (Fsp3) is 0.364. The Morgan fingerprint density at radius 3 is 2.53 bits per heavy atom. The Morgan fingerprint density at radius 1 is 1.37 bits per heavy atom. The van der Waals surface area contributed by atoms with E-state index in [1.54, 1.807) is 12.1 Å². The molecule has 0 aromatic heterocycles. The van der Waals surface area contributed by atoms with E-state index in [-0.39, 0.29) is 12.2 Å². The molecule has 0 bridgehead atoms. The van der Waals surface area contributed by atoms with Gasteiger partial charge in [-0.15, -0.1) is 13.2 Å². The van der Waals surface area contributed by atoms with E-state index in [1.807, 2.05) is 0 Å². The zero-order valence-electron chi connectivity index (χ0n) is 9.85. The average molecular weight is 278 g/mol. The molecule has 8 heteroatoms. The number of hydrogen-bond donors (Lipinski definition) is 2. The zero-order chi connectivity index (χ0) is 14.5. The largest absolute Gasteiger partial charge is 0.522 e. The van der Waals surface area contributed by atoms with Gasteiger partial charge < -0.3 is 15.7 Å². The van der Waals surface area contributed by atoms with Gasteiger partial charge in [-0.1, -0.05) is 12.1 Å². The lowest BCUT2D eigenvalue weighted by Crippen LogP contribution is -2.34. The zero-order valence-corrected chi connectivity index (χ0v) is 9.85. The molecule has 0 atom stereocenters. The second kappa shape index (κ2) is 6.28. The first kappa shape index (κ1) is 15.1. The number of rotatable bonds is 6. The summed E-state index contributed by atoms with van der Waals surface area (Å²) in [6, 6.07) is 6.33. The molecule has 0 fully saturated rings. The number of ether oxygens (including phenoxy) is 1. The molecule has 106 valence electrons. The van der Waals surface area contributed by atoms with Gasteiger partial charge in [-0.2, -0.15) is 0 Å². The Bertz CT molecular complexity index is 437. The Kier molecular flexibility index (Phi) is 4.99. The lowest BCUT2D eigenvalue weighted by atomic mass is 10.2. The number of nitrogen functional groups attached to an aromatic ring is 1. The van der Waals surface area contributed by atoms with Crippen LogP contribution in [0.25, 0.3) is 0 Å². The normalized spacial score (nSPS) is 11.3. The van der Waals surface area contributed by atoms with E-state index in [9.17, 15) is 18.0 Å². The van der Waals surface area contributed by atoms with Gasteiger partial charge in [0.1, 0.15) is 6.54 Å². The summed E-state index contributed by atoms with van der Waals surface area (Å²) in [5, 5.41) is 8.75. The first-order valence-electron chi connectivity index (χ1n) is 5.31. The van der Waals surface area contributed by atoms with Crippen molar-refractivity contribution in [3.63, 3.8) is 0 Å². The molecule has 0 spiro atoms. The molecule has 1 rings (SSSR count). The van der Waals surface area contributed by atoms with Crippen molar-refractivity contribution in [2.45, 2.75) is 6.36 Å². The Balaban J connectivity index is 2.73. The molecular formula is C11H13F3N2O3. The molecule has 3 N–H and O–H groups in total. The fourth-order valence-corrected chi connectivity index (χ4v) is 1.50. The molecule has 0 aliphatic carbocycles. The fourth-order valence-electron chi connectivity index (χ4n) is 1.50. The number of alkyl halides is 3. The minimum Gasteiger partial charge on any atom is -0.480 e. The minimum atomic E-state index is -4.74. The number of anilines is 2. The van der Waals surface area contributed by atoms with Crippen molar-refractivity contribution < 1.29 is 27.8 Å². The van der Waals surface area contributed by atoms with Crippen LogP contribution in [-0.4, -0.2) is 37.1 Å². The van der Waals surface area contributed by atoms with Crippen molar-refractivity contribution in [2.24, 2.45) is 0 Å². The number of aliphatic carboxylic acids is 1. The number of para-hydroxylation sites is 2. The molecule has 1 aromatic rings. The quantitative estimate of drug-likeness (QED) is 0.774. The van der Waals surface area contributed by atoms with Crippen LogP contribution in [0.4, 0.5) is 24.5 Å². The van der Waals surface area contributed by atoms with Gasteiger partial charge in [-0.3, -0.25) is 9.53 Å². The van der Waals surface area contributed by atoms with Gasteiger partial charge in [0.15, 0.2) is 0 Å². The van der Waals surface area contributed by atoms with Gasteiger partial charge in [0, 0.05) is 6.54 Å². The maximum absolute atomic E-state index is 11.9. The van der Waals surface area contributed by atoms with Gasteiger partial charge in [0.05, 0.1) is 18.0 Å². The summed E-state index contributed by atoms with van der Waals surface area (Å²) in [5.74, 6) is -1.17. The van der Waals surface area contributed by atoms with E-state index >= 15 is 0 Å². The molecule has 1 aromatic carbocycles. The highest BCUT2D eigenvalue weighted by atomic mass is 19.4. The molecule has 0 aliphatic rings. The third kappa shape index (κ3) is 5.47. The Morgan fingerprint density at radius 2 is 2.00 bits per heavy atom. The van der Waals surface area contributed by atoms with E-state index in [2.05, 4.69) is 4.74 Å². The van der Waals surface area contributed by atoms with Crippen molar-refractivity contribution in [2.75, 3.05) is 30.3 Å². The van der Waals surface area contributed by atoms with Crippen LogP contribution in [0, 0.1) is 0 Å². The van der Waals surface area contributed by atoms with Crippen molar-refractivity contribution in [3.8, 4) is 0 Å². The van der Waals surface area contributed by atoms with Crippen molar-refractivity contribution in [1.29, 1.82) is 0 Å². The van der Waals surface area contributed by atoms with Crippen LogP contribution in [0.1, 0.15) is 0 Å². The molecule has 0 unspecified atom stereocenters. The van der Waals surface area contributed by atoms with Gasteiger partial charge in [0.2, 0.25) is 0 Å². The number of carboxylic acid groups (broad SMARTS) is 1. The summed E-state index contributed by atoms with van der Waals surface area (Å²) in [6.45, 7) is -1.37. The molecule has 0 amide bonds. The van der Waals surface area contributed by atoms with Crippen molar-refractivity contribution in [1.82, 2.24) is 0 Å². The Hall–Kier alpha value is -1.96. The molecule has 0 radical (unpaired) electrons. The lowest BCUT2D eigenvalue weighted by molar-refractivity contribution is -0.323. The summed E-state index contributed by atoms with van der Waals surface area (Å²) in [6.07, 6.45) is -4.74. The van der Waals surface area contributed by atoms with E-state index in [1.165, 1.54) is 17.0 Å². The third-order valence-corrected chi connectivity index (χ3v) is 2.23. The number of benzene rings is 1. The van der Waals surface area contributed by atoms with Crippen LogP contribution in [-0.2, 0) is 9.53 Å². The van der Waals surface area contributed by atoms with Crippen molar-refractivity contribution in [3.05, 3.63) is 24.3 Å². The number of nitrogens with zero attached hydrogens (tertiary/aromatic N) is 1. The molecule has 0 aliphatic heterocycles. The molecule has 0 saturated carbocycles. The van der Waals surface area contributed by atoms with Gasteiger partial charge in [-0.25, -0.2) is 0 Å². The number of carbonyl (C=O) groups is 1. The summed E-state index contributed by atoms with van der Waals surface area (Å²) < 4.78 is 39.2. The van der Waals surface area contributed by atoms with E-state index in [0.717, 1.165) is 0 Å². The van der Waals surface area contributed by atoms with Gasteiger partial charge >= 0.3 is 12.3 Å². The van der Waals surface area contributed by atoms with Crippen LogP contribution < -0.4 is 10.6 Å². The SMILES string of the molecule is Nc1ccccc1N(CCOC(F)(F)F)CC(=O)O. The van der Waals surface area contributed by atoms with E-state index in [4.69, 9.17) is 10.8 Å². The average Bonchev–Trinajstić information content (AvgIpc) is 2.26. The van der Waals surface area contributed by atoms with Crippen LogP contribution in [0.5, 0.6) is 0 Å². The highest BCUT2D eigenvalue weighted by molar-refractivity contribution is 5.77. The highest BCUT2D eigenvalue weighted by Crippen LogP contribution is 2.22. The molecule has 19 heavy (non-hydrogen) atoms. The predicted octanol–water partition coefficient (Wildman–Crippen LogP) is 1.70. The first-order chi connectivity index (χ1) is 8.79. The molecule has 0 heterocycles. The van der Waals surface area contributed by atoms with Crippen LogP contribution in [0.3, 0.4) is 0 Å². The van der Waals surface area contributed by atoms with Crippen molar-refractivity contribution >= 4 is 17.3 Å². The lowest BCUT2D eigenvalue weighted by Gasteiger charge is -2.24. The van der Waals surface area contributed by atoms with E-state index in [0.29, 0.717) is 5.69 Å². The highest BCUT2D eigenvalue weighted by Gasteiger charge is 2.29. The van der Waals surface area contributed by atoms with Gasteiger partial charge in [-0.05, 0) is 12.1 Å². The smallest absolute Gasteiger partial charge is 0.480 e. The second-order valence-electron chi connectivity index (χ2n) is 3.67. The third-order valence-electron chi connectivity index (χ3n) is 2.23. The van der Waals surface area contributed by atoms with E-state index < -0.39 is 25.5 Å². The predicted molar refractivity (Wildman–Crippen MR) is 62.7 cm³/mol. The minimum absolute atomic E-state index is 0.236. The topological polar surface area (TPSA) is 75.8 Å².